The van der Waals surface area contributed by atoms with E-state index in [1.54, 1.807) is 30.3 Å². The molecule has 1 saturated heterocycles. The molecule has 0 bridgehead atoms. The average molecular weight is 352 g/mol. The molecule has 1 atom stereocenters. The van der Waals surface area contributed by atoms with Crippen LogP contribution in [0.25, 0.3) is 0 Å². The molecule has 1 aromatic heterocycles. The highest BCUT2D eigenvalue weighted by Gasteiger charge is 2.33. The maximum absolute atomic E-state index is 12.6. The molecule has 3 rings (SSSR count). The van der Waals surface area contributed by atoms with Gasteiger partial charge in [-0.2, -0.15) is 4.31 Å². The van der Waals surface area contributed by atoms with Crippen molar-refractivity contribution in [1.82, 2.24) is 14.5 Å². The Morgan fingerprint density at radius 2 is 2.09 bits per heavy atom. The van der Waals surface area contributed by atoms with Gasteiger partial charge in [0.15, 0.2) is 0 Å². The number of nitrogens with one attached hydrogen (secondary N) is 1. The number of hydrogen-bond acceptors (Lipinski definition) is 6. The topological polar surface area (TPSA) is 92.3 Å². The van der Waals surface area contributed by atoms with E-state index in [-0.39, 0.29) is 23.3 Å². The monoisotopic (exact) mass is 352 g/mol. The standard InChI is InChI=1S/C14H16N4O3S2/c19-13(16-14-17-15-10-22-14)11-5-4-8-18(9-11)23(20,21)12-6-2-1-3-7-12/h1-3,6-7,10-11H,4-5,8-9H2,(H,16,17,19). The fourth-order valence-corrected chi connectivity index (χ4v) is 4.54. The minimum absolute atomic E-state index is 0.182. The number of nitrogens with zero attached hydrogens (tertiary/aromatic N) is 3. The van der Waals surface area contributed by atoms with Gasteiger partial charge in [-0.05, 0) is 25.0 Å². The second kappa shape index (κ2) is 6.73. The van der Waals surface area contributed by atoms with Gasteiger partial charge in [-0.25, -0.2) is 8.42 Å². The van der Waals surface area contributed by atoms with Crippen LogP contribution >= 0.6 is 11.3 Å². The molecule has 0 spiro atoms. The van der Waals surface area contributed by atoms with Crippen LogP contribution in [0, 0.1) is 5.92 Å². The lowest BCUT2D eigenvalue weighted by Crippen LogP contribution is -2.43. The third kappa shape index (κ3) is 3.57. The van der Waals surface area contributed by atoms with Gasteiger partial charge in [0.05, 0.1) is 10.8 Å². The minimum Gasteiger partial charge on any atom is -0.300 e. The van der Waals surface area contributed by atoms with Crippen molar-refractivity contribution in [3.63, 3.8) is 0 Å². The zero-order valence-electron chi connectivity index (χ0n) is 12.3. The van der Waals surface area contributed by atoms with Crippen molar-refractivity contribution >= 4 is 32.4 Å². The van der Waals surface area contributed by atoms with Gasteiger partial charge in [-0.15, -0.1) is 10.2 Å². The molecule has 1 unspecified atom stereocenters. The van der Waals surface area contributed by atoms with Gasteiger partial charge in [-0.3, -0.25) is 4.79 Å². The smallest absolute Gasteiger partial charge is 0.243 e. The van der Waals surface area contributed by atoms with Crippen molar-refractivity contribution in [2.75, 3.05) is 18.4 Å². The van der Waals surface area contributed by atoms with E-state index < -0.39 is 10.0 Å². The molecule has 23 heavy (non-hydrogen) atoms. The van der Waals surface area contributed by atoms with Crippen molar-refractivity contribution in [3.8, 4) is 0 Å². The highest BCUT2D eigenvalue weighted by Crippen LogP contribution is 2.24. The number of aromatic nitrogens is 2. The molecule has 0 radical (unpaired) electrons. The first kappa shape index (κ1) is 16.0. The van der Waals surface area contributed by atoms with E-state index >= 15 is 0 Å². The number of sulfonamides is 1. The molecule has 1 aliphatic heterocycles. The normalized spacial score (nSPS) is 19.4. The summed E-state index contributed by atoms with van der Waals surface area (Å²) in [5, 5.41) is 10.5. The summed E-state index contributed by atoms with van der Waals surface area (Å²) in [5.74, 6) is -0.596. The molecule has 2 heterocycles. The summed E-state index contributed by atoms with van der Waals surface area (Å²) in [6.07, 6.45) is 1.31. The van der Waals surface area contributed by atoms with E-state index in [4.69, 9.17) is 0 Å². The highest BCUT2D eigenvalue weighted by molar-refractivity contribution is 7.89. The van der Waals surface area contributed by atoms with Gasteiger partial charge in [0.2, 0.25) is 21.1 Å². The highest BCUT2D eigenvalue weighted by atomic mass is 32.2. The number of carbonyl (C=O) groups excluding carboxylic acids is 1. The zero-order valence-corrected chi connectivity index (χ0v) is 13.9. The van der Waals surface area contributed by atoms with Crippen LogP contribution in [-0.2, 0) is 14.8 Å². The van der Waals surface area contributed by atoms with Gasteiger partial charge < -0.3 is 5.32 Å². The summed E-state index contributed by atoms with van der Waals surface area (Å²) in [4.78, 5) is 12.5. The number of piperidine rings is 1. The van der Waals surface area contributed by atoms with Crippen LogP contribution in [0.3, 0.4) is 0 Å². The molecule has 7 nitrogen and oxygen atoms in total. The predicted molar refractivity (Wildman–Crippen MR) is 86.5 cm³/mol. The number of benzene rings is 1. The summed E-state index contributed by atoms with van der Waals surface area (Å²) < 4.78 is 26.7. The lowest BCUT2D eigenvalue weighted by atomic mass is 9.99. The van der Waals surface area contributed by atoms with Crippen molar-refractivity contribution in [3.05, 3.63) is 35.8 Å². The van der Waals surface area contributed by atoms with Crippen LogP contribution in [0.1, 0.15) is 12.8 Å². The first-order chi connectivity index (χ1) is 11.1. The molecular weight excluding hydrogens is 336 g/mol. The third-order valence-corrected chi connectivity index (χ3v) is 6.21. The zero-order chi connectivity index (χ0) is 16.3. The van der Waals surface area contributed by atoms with Gasteiger partial charge in [0.1, 0.15) is 5.51 Å². The van der Waals surface area contributed by atoms with Crippen LogP contribution in [0.2, 0.25) is 0 Å². The fraction of sp³-hybridized carbons (Fsp3) is 0.357. The van der Waals surface area contributed by atoms with Crippen LogP contribution in [0.15, 0.2) is 40.7 Å². The number of rotatable bonds is 4. The largest absolute Gasteiger partial charge is 0.300 e. The lowest BCUT2D eigenvalue weighted by Gasteiger charge is -2.31. The molecule has 1 amide bonds. The Labute approximate surface area is 138 Å². The van der Waals surface area contributed by atoms with Crippen molar-refractivity contribution in [2.24, 2.45) is 5.92 Å². The van der Waals surface area contributed by atoms with Gasteiger partial charge in [0.25, 0.3) is 0 Å². The Morgan fingerprint density at radius 3 is 2.78 bits per heavy atom. The van der Waals surface area contributed by atoms with E-state index in [1.165, 1.54) is 21.2 Å². The second-order valence-electron chi connectivity index (χ2n) is 5.25. The molecule has 1 fully saturated rings. The summed E-state index contributed by atoms with van der Waals surface area (Å²) in [5.41, 5.74) is 1.53. The quantitative estimate of drug-likeness (QED) is 0.902. The number of hydrogen-bond donors (Lipinski definition) is 1. The van der Waals surface area contributed by atoms with Gasteiger partial charge in [0, 0.05) is 13.1 Å². The van der Waals surface area contributed by atoms with Crippen molar-refractivity contribution < 1.29 is 13.2 Å². The van der Waals surface area contributed by atoms with Crippen LogP contribution in [0.5, 0.6) is 0 Å². The first-order valence-electron chi connectivity index (χ1n) is 7.19. The van der Waals surface area contributed by atoms with E-state index in [0.717, 1.165) is 0 Å². The molecule has 1 aliphatic rings. The molecule has 1 aromatic carbocycles. The third-order valence-electron chi connectivity index (χ3n) is 3.73. The summed E-state index contributed by atoms with van der Waals surface area (Å²) in [7, 11) is -3.56. The maximum atomic E-state index is 12.6. The van der Waals surface area contributed by atoms with Crippen LogP contribution in [0.4, 0.5) is 5.13 Å². The SMILES string of the molecule is O=C(Nc1nncs1)C1CCCN(S(=O)(=O)c2ccccc2)C1. The maximum Gasteiger partial charge on any atom is 0.243 e. The van der Waals surface area contributed by atoms with Crippen LogP contribution in [-0.4, -0.2) is 41.9 Å². The Balaban J connectivity index is 1.72. The molecule has 0 saturated carbocycles. The number of carbonyl (C=O) groups is 1. The fourth-order valence-electron chi connectivity index (χ4n) is 2.55. The summed E-state index contributed by atoms with van der Waals surface area (Å²) in [6.45, 7) is 0.613. The molecule has 2 aromatic rings. The van der Waals surface area contributed by atoms with Crippen molar-refractivity contribution in [2.45, 2.75) is 17.7 Å². The molecule has 9 heteroatoms. The number of amides is 1. The minimum atomic E-state index is -3.56. The molecular formula is C14H16N4O3S2. The van der Waals surface area contributed by atoms with Crippen LogP contribution < -0.4 is 5.32 Å². The average Bonchev–Trinajstić information content (AvgIpc) is 3.09. The summed E-state index contributed by atoms with van der Waals surface area (Å²) >= 11 is 1.23. The van der Waals surface area contributed by atoms with E-state index in [2.05, 4.69) is 15.5 Å². The van der Waals surface area contributed by atoms with E-state index in [9.17, 15) is 13.2 Å². The number of anilines is 1. The van der Waals surface area contributed by atoms with Crippen molar-refractivity contribution in [1.29, 1.82) is 0 Å². The first-order valence-corrected chi connectivity index (χ1v) is 9.51. The Bertz CT molecular complexity index is 763. The Hall–Kier alpha value is -1.84. The molecule has 122 valence electrons. The van der Waals surface area contributed by atoms with E-state index in [0.29, 0.717) is 24.5 Å². The summed E-state index contributed by atoms with van der Waals surface area (Å²) in [6, 6.07) is 8.29. The predicted octanol–water partition coefficient (Wildman–Crippen LogP) is 1.58. The molecule has 0 aliphatic carbocycles. The van der Waals surface area contributed by atoms with E-state index in [1.807, 2.05) is 0 Å². The molecule has 1 N–H and O–H groups in total. The second-order valence-corrected chi connectivity index (χ2v) is 8.02. The van der Waals surface area contributed by atoms with Gasteiger partial charge in [-0.1, -0.05) is 29.5 Å². The lowest BCUT2D eigenvalue weighted by molar-refractivity contribution is -0.120. The Morgan fingerprint density at radius 1 is 1.30 bits per heavy atom. The van der Waals surface area contributed by atoms with Gasteiger partial charge >= 0.3 is 0 Å². The Kier molecular flexibility index (Phi) is 4.69.